The number of aliphatic hydroxyl groups excluding tert-OH is 1. The van der Waals surface area contributed by atoms with E-state index < -0.39 is 0 Å². The number of aliphatic hydroxyl groups is 1. The summed E-state index contributed by atoms with van der Waals surface area (Å²) in [5.74, 6) is 0.945. The molecule has 3 atom stereocenters. The molecule has 174 valence electrons. The number of fused-ring (bicyclic) bond motifs is 1. The number of hydrogen-bond acceptors (Lipinski definition) is 6. The van der Waals surface area contributed by atoms with Gasteiger partial charge in [0.15, 0.2) is 0 Å². The maximum Gasteiger partial charge on any atom is 0.259 e. The molecule has 0 saturated heterocycles. The lowest BCUT2D eigenvalue weighted by Gasteiger charge is -2.37. The van der Waals surface area contributed by atoms with E-state index in [0.29, 0.717) is 23.7 Å². The molecule has 7 nitrogen and oxygen atoms in total. The number of para-hydroxylation sites is 1. The van der Waals surface area contributed by atoms with Crippen molar-refractivity contribution in [2.75, 3.05) is 40.4 Å². The number of aromatic nitrogens is 1. The monoisotopic (exact) mass is 441 g/mol. The minimum absolute atomic E-state index is 0.0797. The first-order chi connectivity index (χ1) is 15.4. The fourth-order valence-corrected chi connectivity index (χ4v) is 4.13. The zero-order chi connectivity index (χ0) is 23.3. The van der Waals surface area contributed by atoms with Gasteiger partial charge in [-0.2, -0.15) is 0 Å². The third-order valence-corrected chi connectivity index (χ3v) is 6.04. The molecule has 0 aliphatic carbocycles. The smallest absolute Gasteiger partial charge is 0.259 e. The molecule has 1 amide bonds. The fraction of sp³-hybridized carbons (Fsp3) is 0.520. The summed E-state index contributed by atoms with van der Waals surface area (Å²) in [6.07, 6.45) is 2.65. The number of likely N-dealkylation sites (N-methyl/N-ethyl adjacent to an activating group) is 1. The van der Waals surface area contributed by atoms with Crippen LogP contribution in [0.2, 0.25) is 0 Å². The molecule has 0 saturated carbocycles. The molecule has 3 rings (SSSR count). The average molecular weight is 442 g/mol. The van der Waals surface area contributed by atoms with Crippen molar-refractivity contribution < 1.29 is 19.4 Å². The van der Waals surface area contributed by atoms with E-state index >= 15 is 0 Å². The van der Waals surface area contributed by atoms with Gasteiger partial charge in [0.25, 0.3) is 5.91 Å². The number of benzene rings is 1. The van der Waals surface area contributed by atoms with Crippen LogP contribution in [0.1, 0.15) is 37.6 Å². The number of methoxy groups -OCH3 is 1. The van der Waals surface area contributed by atoms with Crippen molar-refractivity contribution in [3.63, 3.8) is 0 Å². The van der Waals surface area contributed by atoms with Crippen molar-refractivity contribution in [2.24, 2.45) is 5.92 Å². The Morgan fingerprint density at radius 3 is 2.78 bits per heavy atom. The Morgan fingerprint density at radius 2 is 2.09 bits per heavy atom. The Hall–Kier alpha value is -2.64. The van der Waals surface area contributed by atoms with Crippen molar-refractivity contribution in [3.05, 3.63) is 42.1 Å². The topological polar surface area (TPSA) is 75.1 Å². The molecular formula is C25H35N3O4. The van der Waals surface area contributed by atoms with Gasteiger partial charge in [-0.3, -0.25) is 4.79 Å². The van der Waals surface area contributed by atoms with E-state index in [2.05, 4.69) is 30.8 Å². The summed E-state index contributed by atoms with van der Waals surface area (Å²) >= 11 is 0. The van der Waals surface area contributed by atoms with Gasteiger partial charge in [-0.15, -0.1) is 0 Å². The van der Waals surface area contributed by atoms with E-state index in [-0.39, 0.29) is 30.6 Å². The molecule has 1 N–H and O–H groups in total. The summed E-state index contributed by atoms with van der Waals surface area (Å²) < 4.78 is 11.8. The summed E-state index contributed by atoms with van der Waals surface area (Å²) in [7, 11) is 3.70. The molecule has 1 aromatic heterocycles. The molecule has 1 aliphatic rings. The van der Waals surface area contributed by atoms with Gasteiger partial charge in [0.1, 0.15) is 17.4 Å². The van der Waals surface area contributed by atoms with Crippen molar-refractivity contribution in [1.29, 1.82) is 0 Å². The molecule has 0 radical (unpaired) electrons. The second kappa shape index (κ2) is 10.8. The Morgan fingerprint density at radius 1 is 1.34 bits per heavy atom. The lowest BCUT2D eigenvalue weighted by Crippen LogP contribution is -2.50. The quantitative estimate of drug-likeness (QED) is 0.677. The van der Waals surface area contributed by atoms with Crippen molar-refractivity contribution in [3.8, 4) is 22.8 Å². The van der Waals surface area contributed by atoms with Crippen molar-refractivity contribution in [2.45, 2.75) is 39.3 Å². The summed E-state index contributed by atoms with van der Waals surface area (Å²) in [5.41, 5.74) is 2.04. The first-order valence-corrected chi connectivity index (χ1v) is 11.3. The first kappa shape index (κ1) is 24.0. The highest BCUT2D eigenvalue weighted by Crippen LogP contribution is 2.34. The average Bonchev–Trinajstić information content (AvgIpc) is 2.80. The highest BCUT2D eigenvalue weighted by Gasteiger charge is 2.34. The highest BCUT2D eigenvalue weighted by molar-refractivity contribution is 5.98. The van der Waals surface area contributed by atoms with Crippen LogP contribution in [0.3, 0.4) is 0 Å². The van der Waals surface area contributed by atoms with Crippen LogP contribution in [0, 0.1) is 5.92 Å². The van der Waals surface area contributed by atoms with Gasteiger partial charge in [0, 0.05) is 36.3 Å². The number of ether oxygens (including phenoxy) is 2. The van der Waals surface area contributed by atoms with Crippen LogP contribution in [0.4, 0.5) is 0 Å². The van der Waals surface area contributed by atoms with Gasteiger partial charge in [0.2, 0.25) is 5.88 Å². The molecule has 0 unspecified atom stereocenters. The second-order valence-corrected chi connectivity index (χ2v) is 8.66. The summed E-state index contributed by atoms with van der Waals surface area (Å²) in [6.45, 7) is 8.21. The van der Waals surface area contributed by atoms with E-state index in [9.17, 15) is 9.90 Å². The fourth-order valence-electron chi connectivity index (χ4n) is 4.13. The molecule has 7 heteroatoms. The van der Waals surface area contributed by atoms with Crippen LogP contribution < -0.4 is 9.47 Å². The highest BCUT2D eigenvalue weighted by atomic mass is 16.5. The van der Waals surface area contributed by atoms with Crippen molar-refractivity contribution in [1.82, 2.24) is 14.8 Å². The normalized spacial score (nSPS) is 19.7. The van der Waals surface area contributed by atoms with Gasteiger partial charge in [-0.05, 0) is 39.1 Å². The SMILES string of the molecule is CCCN(C)C[C@@H]1Oc2ncc(-c3ccccc3OC)cc2C(=O)N([C@@H](C)CO)C[C@H]1C. The van der Waals surface area contributed by atoms with Gasteiger partial charge in [0.05, 0.1) is 19.8 Å². The van der Waals surface area contributed by atoms with Crippen LogP contribution >= 0.6 is 0 Å². The van der Waals surface area contributed by atoms with Gasteiger partial charge < -0.3 is 24.4 Å². The molecule has 2 heterocycles. The van der Waals surface area contributed by atoms with Crippen LogP contribution in [0.15, 0.2) is 36.5 Å². The third kappa shape index (κ3) is 5.22. The predicted molar refractivity (Wildman–Crippen MR) is 125 cm³/mol. The van der Waals surface area contributed by atoms with Gasteiger partial charge in [-0.1, -0.05) is 32.0 Å². The second-order valence-electron chi connectivity index (χ2n) is 8.66. The maximum atomic E-state index is 13.6. The van der Waals surface area contributed by atoms with E-state index in [1.165, 1.54) is 0 Å². The van der Waals surface area contributed by atoms with Crippen LogP contribution in [0.5, 0.6) is 11.6 Å². The molecule has 0 spiro atoms. The maximum absolute atomic E-state index is 13.6. The lowest BCUT2D eigenvalue weighted by atomic mass is 9.99. The molecule has 1 aromatic carbocycles. The Kier molecular flexibility index (Phi) is 8.10. The zero-order valence-corrected chi connectivity index (χ0v) is 19.7. The lowest BCUT2D eigenvalue weighted by molar-refractivity contribution is 0.0331. The van der Waals surface area contributed by atoms with Gasteiger partial charge in [-0.25, -0.2) is 4.98 Å². The molecular weight excluding hydrogens is 406 g/mol. The minimum atomic E-state index is -0.306. The minimum Gasteiger partial charge on any atom is -0.496 e. The molecule has 32 heavy (non-hydrogen) atoms. The summed E-state index contributed by atoms with van der Waals surface area (Å²) in [5, 5.41) is 9.82. The first-order valence-electron chi connectivity index (χ1n) is 11.3. The third-order valence-electron chi connectivity index (χ3n) is 6.04. The molecule has 0 fully saturated rings. The molecule has 2 aromatic rings. The van der Waals surface area contributed by atoms with E-state index in [4.69, 9.17) is 9.47 Å². The van der Waals surface area contributed by atoms with Crippen molar-refractivity contribution >= 4 is 5.91 Å². The van der Waals surface area contributed by atoms with Gasteiger partial charge >= 0.3 is 0 Å². The zero-order valence-electron chi connectivity index (χ0n) is 19.7. The number of carbonyl (C=O) groups is 1. The van der Waals surface area contributed by atoms with E-state index in [0.717, 1.165) is 30.6 Å². The number of pyridine rings is 1. The molecule has 1 aliphatic heterocycles. The Balaban J connectivity index is 2.06. The number of carbonyl (C=O) groups excluding carboxylic acids is 1. The standard InChI is InChI=1S/C25H35N3O4/c1-6-11-27(4)15-23-17(2)14-28(18(3)16-29)25(30)21-12-19(13-26-24(21)32-23)20-9-7-8-10-22(20)31-5/h7-10,12-13,17-18,23,29H,6,11,14-16H2,1-5H3/t17-,18+,23+/m1/s1. The molecule has 0 bridgehead atoms. The van der Waals surface area contributed by atoms with Crippen LogP contribution in [-0.4, -0.2) is 78.3 Å². The number of nitrogens with zero attached hydrogens (tertiary/aromatic N) is 3. The Labute approximate surface area is 191 Å². The van der Waals surface area contributed by atoms with Crippen LogP contribution in [-0.2, 0) is 0 Å². The number of rotatable bonds is 8. The number of hydrogen-bond donors (Lipinski definition) is 1. The van der Waals surface area contributed by atoms with Crippen LogP contribution in [0.25, 0.3) is 11.1 Å². The Bertz CT molecular complexity index is 920. The summed E-state index contributed by atoms with van der Waals surface area (Å²) in [4.78, 5) is 22.1. The van der Waals surface area contributed by atoms with E-state index in [1.54, 1.807) is 18.2 Å². The largest absolute Gasteiger partial charge is 0.496 e. The summed E-state index contributed by atoms with van der Waals surface area (Å²) in [6, 6.07) is 9.17. The number of amides is 1. The van der Waals surface area contributed by atoms with E-state index in [1.807, 2.05) is 37.3 Å². The predicted octanol–water partition coefficient (Wildman–Crippen LogP) is 3.32.